The third kappa shape index (κ3) is 3.76. The molecule has 1 amide bonds. The monoisotopic (exact) mass is 328 g/mol. The predicted octanol–water partition coefficient (Wildman–Crippen LogP) is 1.88. The number of para-hydroxylation sites is 1. The lowest BCUT2D eigenvalue weighted by Crippen LogP contribution is -2.35. The Balaban J connectivity index is 1.51. The molecule has 0 radical (unpaired) electrons. The number of nitrogens with zero attached hydrogens (tertiary/aromatic N) is 3. The highest BCUT2D eigenvalue weighted by Gasteiger charge is 2.19. The van der Waals surface area contributed by atoms with Crippen molar-refractivity contribution in [1.82, 2.24) is 19.8 Å². The number of nitrogens with one attached hydrogen (secondary N) is 1. The normalized spacial score (nSPS) is 15.3. The molecule has 0 bridgehead atoms. The summed E-state index contributed by atoms with van der Waals surface area (Å²) in [5, 5.41) is 3.37. The first kappa shape index (κ1) is 16.5. The lowest BCUT2D eigenvalue weighted by atomic mass is 10.2. The Morgan fingerprint density at radius 2 is 2.25 bits per heavy atom. The van der Waals surface area contributed by atoms with E-state index in [0.717, 1.165) is 17.1 Å². The van der Waals surface area contributed by atoms with Crippen molar-refractivity contribution in [3.63, 3.8) is 0 Å². The van der Waals surface area contributed by atoms with E-state index in [9.17, 15) is 4.79 Å². The van der Waals surface area contributed by atoms with Gasteiger partial charge in [0.2, 0.25) is 5.91 Å². The summed E-state index contributed by atoms with van der Waals surface area (Å²) in [6.45, 7) is 4.47. The van der Waals surface area contributed by atoms with Crippen LogP contribution in [0.5, 0.6) is 5.75 Å². The second-order valence-electron chi connectivity index (χ2n) is 6.09. The molecule has 1 aliphatic rings. The molecule has 1 unspecified atom stereocenters. The molecule has 1 aromatic heterocycles. The molecular weight excluding hydrogens is 304 g/mol. The molecular formula is C18H24N4O2. The first-order valence-corrected chi connectivity index (χ1v) is 8.34. The predicted molar refractivity (Wildman–Crippen MR) is 91.6 cm³/mol. The standard InChI is InChI=1S/C18H24N4O2/c1-14(18-20-9-10-21(18)2)19-8-7-17(23)22-11-12-24-16-6-4-3-5-15(16)13-22/h3-6,9-10,14,19H,7-8,11-13H2,1-2H3. The van der Waals surface area contributed by atoms with Crippen molar-refractivity contribution < 1.29 is 9.53 Å². The zero-order chi connectivity index (χ0) is 16.9. The van der Waals surface area contributed by atoms with Crippen LogP contribution >= 0.6 is 0 Å². The third-order valence-electron chi connectivity index (χ3n) is 4.34. The van der Waals surface area contributed by atoms with Gasteiger partial charge in [-0.15, -0.1) is 0 Å². The van der Waals surface area contributed by atoms with E-state index < -0.39 is 0 Å². The Morgan fingerprint density at radius 1 is 1.42 bits per heavy atom. The average Bonchev–Trinajstić information content (AvgIpc) is 2.89. The van der Waals surface area contributed by atoms with Crippen molar-refractivity contribution in [2.75, 3.05) is 19.7 Å². The minimum absolute atomic E-state index is 0.117. The van der Waals surface area contributed by atoms with Gasteiger partial charge in [-0.2, -0.15) is 0 Å². The molecule has 2 heterocycles. The number of rotatable bonds is 5. The van der Waals surface area contributed by atoms with E-state index in [4.69, 9.17) is 4.74 Å². The van der Waals surface area contributed by atoms with Gasteiger partial charge in [0.1, 0.15) is 18.2 Å². The van der Waals surface area contributed by atoms with Crippen molar-refractivity contribution in [3.05, 3.63) is 48.0 Å². The second-order valence-corrected chi connectivity index (χ2v) is 6.09. The Kier molecular flexibility index (Phi) is 5.15. The van der Waals surface area contributed by atoms with Crippen LogP contribution in [0.25, 0.3) is 0 Å². The molecule has 0 saturated heterocycles. The zero-order valence-electron chi connectivity index (χ0n) is 14.2. The number of hydrogen-bond donors (Lipinski definition) is 1. The molecule has 128 valence electrons. The van der Waals surface area contributed by atoms with Gasteiger partial charge in [-0.3, -0.25) is 4.79 Å². The van der Waals surface area contributed by atoms with Crippen LogP contribution in [0.1, 0.15) is 30.8 Å². The van der Waals surface area contributed by atoms with Crippen molar-refractivity contribution in [1.29, 1.82) is 0 Å². The van der Waals surface area contributed by atoms with Gasteiger partial charge in [-0.25, -0.2) is 4.98 Å². The summed E-state index contributed by atoms with van der Waals surface area (Å²) in [7, 11) is 1.97. The zero-order valence-corrected chi connectivity index (χ0v) is 14.2. The topological polar surface area (TPSA) is 59.4 Å². The lowest BCUT2D eigenvalue weighted by Gasteiger charge is -2.20. The largest absolute Gasteiger partial charge is 0.491 e. The molecule has 2 aromatic rings. The molecule has 0 fully saturated rings. The Morgan fingerprint density at radius 3 is 3.04 bits per heavy atom. The van der Waals surface area contributed by atoms with Crippen molar-refractivity contribution >= 4 is 5.91 Å². The number of aryl methyl sites for hydroxylation is 1. The molecule has 1 aromatic carbocycles. The van der Waals surface area contributed by atoms with Crippen LogP contribution in [0.15, 0.2) is 36.7 Å². The highest BCUT2D eigenvalue weighted by molar-refractivity contribution is 5.76. The van der Waals surface area contributed by atoms with Gasteiger partial charge in [-0.1, -0.05) is 18.2 Å². The molecule has 6 nitrogen and oxygen atoms in total. The fourth-order valence-corrected chi connectivity index (χ4v) is 2.98. The Labute approximate surface area is 142 Å². The van der Waals surface area contributed by atoms with E-state index in [1.165, 1.54) is 0 Å². The molecule has 6 heteroatoms. The van der Waals surface area contributed by atoms with Gasteiger partial charge >= 0.3 is 0 Å². The molecule has 24 heavy (non-hydrogen) atoms. The van der Waals surface area contributed by atoms with Crippen LogP contribution in [0.4, 0.5) is 0 Å². The van der Waals surface area contributed by atoms with Crippen LogP contribution in [0.3, 0.4) is 0 Å². The van der Waals surface area contributed by atoms with Gasteiger partial charge in [0.05, 0.1) is 12.6 Å². The first-order valence-electron chi connectivity index (χ1n) is 8.34. The summed E-state index contributed by atoms with van der Waals surface area (Å²) in [4.78, 5) is 18.7. The number of ether oxygens (including phenoxy) is 1. The van der Waals surface area contributed by atoms with Crippen LogP contribution in [-0.4, -0.2) is 40.1 Å². The van der Waals surface area contributed by atoms with Gasteiger partial charge in [0.15, 0.2) is 0 Å². The van der Waals surface area contributed by atoms with Gasteiger partial charge in [0, 0.05) is 44.5 Å². The maximum atomic E-state index is 12.5. The van der Waals surface area contributed by atoms with Gasteiger partial charge < -0.3 is 19.5 Å². The molecule has 1 N–H and O–H groups in total. The molecule has 3 rings (SSSR count). The van der Waals surface area contributed by atoms with E-state index >= 15 is 0 Å². The maximum Gasteiger partial charge on any atom is 0.224 e. The number of fused-ring (bicyclic) bond motifs is 1. The fraction of sp³-hybridized carbons (Fsp3) is 0.444. The number of imidazole rings is 1. The first-order chi connectivity index (χ1) is 11.6. The summed E-state index contributed by atoms with van der Waals surface area (Å²) >= 11 is 0. The number of carbonyl (C=O) groups is 1. The third-order valence-corrected chi connectivity index (χ3v) is 4.34. The molecule has 0 saturated carbocycles. The molecule has 1 atom stereocenters. The molecule has 1 aliphatic heterocycles. The number of carbonyl (C=O) groups excluding carboxylic acids is 1. The van der Waals surface area contributed by atoms with E-state index in [1.54, 1.807) is 6.20 Å². The minimum Gasteiger partial charge on any atom is -0.491 e. The number of hydrogen-bond acceptors (Lipinski definition) is 4. The highest BCUT2D eigenvalue weighted by Crippen LogP contribution is 2.22. The summed E-state index contributed by atoms with van der Waals surface area (Å²) in [6.07, 6.45) is 4.18. The smallest absolute Gasteiger partial charge is 0.224 e. The van der Waals surface area contributed by atoms with Gasteiger partial charge in [-0.05, 0) is 13.0 Å². The minimum atomic E-state index is 0.117. The van der Waals surface area contributed by atoms with Crippen molar-refractivity contribution in [3.8, 4) is 5.75 Å². The van der Waals surface area contributed by atoms with E-state index in [1.807, 2.05) is 47.0 Å². The number of amides is 1. The van der Waals surface area contributed by atoms with Crippen molar-refractivity contribution in [2.24, 2.45) is 7.05 Å². The second kappa shape index (κ2) is 7.49. The van der Waals surface area contributed by atoms with E-state index in [0.29, 0.717) is 32.7 Å². The summed E-state index contributed by atoms with van der Waals surface area (Å²) in [5.41, 5.74) is 1.07. The average molecular weight is 328 g/mol. The summed E-state index contributed by atoms with van der Waals surface area (Å²) < 4.78 is 7.70. The SMILES string of the molecule is CC(NCCC(=O)N1CCOc2ccccc2C1)c1nccn1C. The van der Waals surface area contributed by atoms with Crippen LogP contribution in [0.2, 0.25) is 0 Å². The highest BCUT2D eigenvalue weighted by atomic mass is 16.5. The van der Waals surface area contributed by atoms with E-state index in [-0.39, 0.29) is 11.9 Å². The van der Waals surface area contributed by atoms with E-state index in [2.05, 4.69) is 17.2 Å². The van der Waals surface area contributed by atoms with Crippen LogP contribution < -0.4 is 10.1 Å². The van der Waals surface area contributed by atoms with Crippen LogP contribution in [-0.2, 0) is 18.4 Å². The number of benzene rings is 1. The summed E-state index contributed by atoms with van der Waals surface area (Å²) in [6, 6.07) is 8.03. The summed E-state index contributed by atoms with van der Waals surface area (Å²) in [5.74, 6) is 2.00. The maximum absolute atomic E-state index is 12.5. The fourth-order valence-electron chi connectivity index (χ4n) is 2.98. The lowest BCUT2D eigenvalue weighted by molar-refractivity contribution is -0.131. The van der Waals surface area contributed by atoms with Crippen LogP contribution in [0, 0.1) is 0 Å². The quantitative estimate of drug-likeness (QED) is 0.910. The number of aromatic nitrogens is 2. The molecule has 0 aliphatic carbocycles. The van der Waals surface area contributed by atoms with Gasteiger partial charge in [0.25, 0.3) is 0 Å². The Bertz CT molecular complexity index is 698. The van der Waals surface area contributed by atoms with Crippen molar-refractivity contribution in [2.45, 2.75) is 25.9 Å². The molecule has 0 spiro atoms. The Hall–Kier alpha value is -2.34.